The number of nitrogens with zero attached hydrogens (tertiary/aromatic N) is 2. The van der Waals surface area contributed by atoms with Crippen LogP contribution in [0.4, 0.5) is 0 Å². The zero-order valence-electron chi connectivity index (χ0n) is 14.0. The summed E-state index contributed by atoms with van der Waals surface area (Å²) in [5.41, 5.74) is 1.81. The second kappa shape index (κ2) is 7.92. The lowest BCUT2D eigenvalue weighted by molar-refractivity contribution is 0.213. The van der Waals surface area contributed by atoms with Gasteiger partial charge in [-0.1, -0.05) is 29.8 Å². The molecule has 1 aromatic rings. The van der Waals surface area contributed by atoms with Gasteiger partial charge in [0.1, 0.15) is 0 Å². The van der Waals surface area contributed by atoms with Crippen molar-refractivity contribution in [2.45, 2.75) is 12.7 Å². The lowest BCUT2D eigenvalue weighted by atomic mass is 10.2. The van der Waals surface area contributed by atoms with Crippen molar-refractivity contribution in [3.63, 3.8) is 0 Å². The second-order valence-corrected chi connectivity index (χ2v) is 9.91. The molecule has 0 aliphatic carbocycles. The van der Waals surface area contributed by atoms with Crippen molar-refractivity contribution in [1.82, 2.24) is 8.61 Å². The Labute approximate surface area is 144 Å². The summed E-state index contributed by atoms with van der Waals surface area (Å²) in [6.45, 7) is 2.80. The lowest BCUT2D eigenvalue weighted by Crippen LogP contribution is -2.51. The zero-order valence-corrected chi connectivity index (χ0v) is 15.6. The smallest absolute Gasteiger partial charge is 0.218 e. The normalized spacial score (nSPS) is 17.9. The van der Waals surface area contributed by atoms with Gasteiger partial charge in [0.2, 0.25) is 20.0 Å². The summed E-state index contributed by atoms with van der Waals surface area (Å²) in [4.78, 5) is 0. The molecule has 1 aliphatic rings. The van der Waals surface area contributed by atoms with Gasteiger partial charge in [0.15, 0.2) is 0 Å². The predicted octanol–water partition coefficient (Wildman–Crippen LogP) is 0.419. The fraction of sp³-hybridized carbons (Fsp3) is 0.600. The van der Waals surface area contributed by atoms with Gasteiger partial charge in [-0.2, -0.15) is 8.61 Å². The molecule has 0 bridgehead atoms. The minimum atomic E-state index is -3.45. The molecule has 136 valence electrons. The molecule has 1 aromatic carbocycles. The Morgan fingerprint density at radius 1 is 0.917 bits per heavy atom. The molecule has 1 fully saturated rings. The Hall–Kier alpha value is -1.00. The summed E-state index contributed by atoms with van der Waals surface area (Å²) in [5, 5.41) is 0. The zero-order chi connectivity index (χ0) is 17.8. The van der Waals surface area contributed by atoms with E-state index in [1.807, 2.05) is 19.1 Å². The number of piperazine rings is 1. The Balaban J connectivity index is 1.96. The lowest BCUT2D eigenvalue weighted by Gasteiger charge is -2.33. The largest absolute Gasteiger partial charge is 0.384 e. The number of benzene rings is 1. The van der Waals surface area contributed by atoms with E-state index >= 15 is 0 Å². The first-order chi connectivity index (χ1) is 11.2. The Morgan fingerprint density at radius 3 is 1.92 bits per heavy atom. The molecule has 0 atom stereocenters. The van der Waals surface area contributed by atoms with E-state index in [4.69, 9.17) is 4.74 Å². The highest BCUT2D eigenvalue weighted by Gasteiger charge is 2.31. The number of rotatable bonds is 7. The van der Waals surface area contributed by atoms with Gasteiger partial charge in [-0.15, -0.1) is 0 Å². The number of hydrogen-bond acceptors (Lipinski definition) is 5. The number of sulfonamides is 2. The monoisotopic (exact) mass is 376 g/mol. The van der Waals surface area contributed by atoms with Crippen molar-refractivity contribution in [2.75, 3.05) is 45.6 Å². The second-order valence-electron chi connectivity index (χ2n) is 5.85. The van der Waals surface area contributed by atoms with Crippen molar-refractivity contribution in [3.05, 3.63) is 35.4 Å². The minimum absolute atomic E-state index is 0.0658. The number of hydrogen-bond donors (Lipinski definition) is 0. The minimum Gasteiger partial charge on any atom is -0.384 e. The van der Waals surface area contributed by atoms with Gasteiger partial charge in [-0.25, -0.2) is 16.8 Å². The van der Waals surface area contributed by atoms with Crippen molar-refractivity contribution >= 4 is 20.0 Å². The molecule has 0 unspecified atom stereocenters. The number of ether oxygens (including phenoxy) is 1. The van der Waals surface area contributed by atoms with Crippen LogP contribution in [0, 0.1) is 6.92 Å². The highest BCUT2D eigenvalue weighted by Crippen LogP contribution is 2.16. The first-order valence-corrected chi connectivity index (χ1v) is 11.0. The average molecular weight is 377 g/mol. The fourth-order valence-corrected chi connectivity index (χ4v) is 5.40. The molecular weight excluding hydrogens is 352 g/mol. The third-order valence-corrected chi connectivity index (χ3v) is 7.68. The average Bonchev–Trinajstić information content (AvgIpc) is 2.55. The van der Waals surface area contributed by atoms with Crippen LogP contribution >= 0.6 is 0 Å². The maximum Gasteiger partial charge on any atom is 0.218 e. The topological polar surface area (TPSA) is 84.0 Å². The molecule has 0 radical (unpaired) electrons. The van der Waals surface area contributed by atoms with Gasteiger partial charge in [-0.05, 0) is 12.5 Å². The molecule has 24 heavy (non-hydrogen) atoms. The molecule has 7 nitrogen and oxygen atoms in total. The summed E-state index contributed by atoms with van der Waals surface area (Å²) in [5.74, 6) is -0.149. The summed E-state index contributed by atoms with van der Waals surface area (Å²) < 4.78 is 56.7. The van der Waals surface area contributed by atoms with Crippen LogP contribution in [0.15, 0.2) is 24.3 Å². The van der Waals surface area contributed by atoms with Crippen LogP contribution in [-0.2, 0) is 30.5 Å². The first-order valence-electron chi connectivity index (χ1n) is 7.75. The first kappa shape index (κ1) is 19.3. The fourth-order valence-electron chi connectivity index (χ4n) is 2.53. The van der Waals surface area contributed by atoms with Crippen LogP contribution in [0.1, 0.15) is 11.1 Å². The third kappa shape index (κ3) is 5.00. The molecular formula is C15H24N2O5S2. The van der Waals surface area contributed by atoms with Crippen LogP contribution in [0.5, 0.6) is 0 Å². The molecule has 0 amide bonds. The SMILES string of the molecule is COCCS(=O)(=O)N1CCN(S(=O)(=O)Cc2ccc(C)cc2)CC1. The van der Waals surface area contributed by atoms with Crippen molar-refractivity contribution in [1.29, 1.82) is 0 Å². The molecule has 0 N–H and O–H groups in total. The van der Waals surface area contributed by atoms with E-state index in [0.29, 0.717) is 0 Å². The van der Waals surface area contributed by atoms with Crippen molar-refractivity contribution in [3.8, 4) is 0 Å². The van der Waals surface area contributed by atoms with E-state index in [1.165, 1.54) is 15.7 Å². The van der Waals surface area contributed by atoms with E-state index < -0.39 is 20.0 Å². The molecule has 1 aliphatic heterocycles. The van der Waals surface area contributed by atoms with Crippen LogP contribution in [0.2, 0.25) is 0 Å². The van der Waals surface area contributed by atoms with Crippen molar-refractivity contribution < 1.29 is 21.6 Å². The summed E-state index contributed by atoms with van der Waals surface area (Å²) in [7, 11) is -5.39. The van der Waals surface area contributed by atoms with Crippen LogP contribution in [-0.4, -0.2) is 71.1 Å². The molecule has 2 rings (SSSR count). The van der Waals surface area contributed by atoms with E-state index in [1.54, 1.807) is 12.1 Å². The van der Waals surface area contributed by atoms with E-state index in [-0.39, 0.29) is 44.3 Å². The molecule has 0 saturated carbocycles. The summed E-state index contributed by atoms with van der Waals surface area (Å²) in [6.07, 6.45) is 0. The third-order valence-electron chi connectivity index (χ3n) is 4.00. The maximum atomic E-state index is 12.5. The molecule has 1 heterocycles. The maximum absolute atomic E-state index is 12.5. The Kier molecular flexibility index (Phi) is 6.38. The molecule has 9 heteroatoms. The molecule has 1 saturated heterocycles. The number of methoxy groups -OCH3 is 1. The van der Waals surface area contributed by atoms with Crippen LogP contribution in [0.25, 0.3) is 0 Å². The quantitative estimate of drug-likeness (QED) is 0.689. The van der Waals surface area contributed by atoms with Crippen molar-refractivity contribution in [2.24, 2.45) is 0 Å². The van der Waals surface area contributed by atoms with E-state index in [0.717, 1.165) is 11.1 Å². The van der Waals surface area contributed by atoms with Gasteiger partial charge in [0.25, 0.3) is 0 Å². The van der Waals surface area contributed by atoms with Gasteiger partial charge in [0.05, 0.1) is 18.1 Å². The summed E-state index contributed by atoms with van der Waals surface area (Å²) >= 11 is 0. The van der Waals surface area contributed by atoms with Crippen LogP contribution in [0.3, 0.4) is 0 Å². The van der Waals surface area contributed by atoms with E-state index in [2.05, 4.69) is 0 Å². The molecule has 0 aromatic heterocycles. The highest BCUT2D eigenvalue weighted by molar-refractivity contribution is 7.89. The van der Waals surface area contributed by atoms with Gasteiger partial charge < -0.3 is 4.74 Å². The standard InChI is InChI=1S/C15H24N2O5S2/c1-14-3-5-15(6-4-14)13-24(20,21)17-9-7-16(8-10-17)23(18,19)12-11-22-2/h3-6H,7-13H2,1-2H3. The van der Waals surface area contributed by atoms with E-state index in [9.17, 15) is 16.8 Å². The highest BCUT2D eigenvalue weighted by atomic mass is 32.2. The van der Waals surface area contributed by atoms with Gasteiger partial charge >= 0.3 is 0 Å². The van der Waals surface area contributed by atoms with Crippen LogP contribution < -0.4 is 0 Å². The van der Waals surface area contributed by atoms with Gasteiger partial charge in [0, 0.05) is 33.3 Å². The Morgan fingerprint density at radius 2 is 1.42 bits per heavy atom. The number of aryl methyl sites for hydroxylation is 1. The van der Waals surface area contributed by atoms with Gasteiger partial charge in [-0.3, -0.25) is 0 Å². The summed E-state index contributed by atoms with van der Waals surface area (Å²) in [6, 6.07) is 7.37. The predicted molar refractivity (Wildman–Crippen MR) is 92.6 cm³/mol. The Bertz CT molecular complexity index is 737. The molecule has 0 spiro atoms.